The average Bonchev–Trinajstić information content (AvgIpc) is 2.65. The van der Waals surface area contributed by atoms with Gasteiger partial charge in [0, 0.05) is 38.0 Å². The molecule has 2 fully saturated rings. The fraction of sp³-hybridized carbons (Fsp3) is 0.550. The topological polar surface area (TPSA) is 98.7 Å². The van der Waals surface area contributed by atoms with Crippen molar-refractivity contribution in [2.24, 2.45) is 0 Å². The van der Waals surface area contributed by atoms with Gasteiger partial charge < -0.3 is 15.3 Å². The fourth-order valence-electron chi connectivity index (χ4n) is 3.80. The van der Waals surface area contributed by atoms with E-state index in [1.807, 2.05) is 0 Å². The number of imide groups is 1. The molecule has 0 aliphatic carbocycles. The molecular formula is C20H25ClFN3O4. The van der Waals surface area contributed by atoms with Crippen LogP contribution < -0.4 is 15.5 Å². The van der Waals surface area contributed by atoms with Crippen molar-refractivity contribution in [3.8, 4) is 0 Å². The Kier molecular flexibility index (Phi) is 6.43. The molecule has 0 unspecified atom stereocenters. The molecule has 2 aliphatic heterocycles. The van der Waals surface area contributed by atoms with Crippen LogP contribution in [0, 0.1) is 5.82 Å². The number of rotatable bonds is 6. The summed E-state index contributed by atoms with van der Waals surface area (Å²) in [6, 6.07) is 2.19. The van der Waals surface area contributed by atoms with Gasteiger partial charge in [-0.3, -0.25) is 19.7 Å². The molecule has 9 heteroatoms. The van der Waals surface area contributed by atoms with Crippen molar-refractivity contribution in [2.45, 2.75) is 57.1 Å². The Morgan fingerprint density at radius 2 is 2.07 bits per heavy atom. The van der Waals surface area contributed by atoms with Gasteiger partial charge in [0.1, 0.15) is 17.6 Å². The Balaban J connectivity index is 1.68. The van der Waals surface area contributed by atoms with E-state index >= 15 is 0 Å². The van der Waals surface area contributed by atoms with E-state index in [0.29, 0.717) is 44.5 Å². The lowest BCUT2D eigenvalue weighted by Gasteiger charge is -2.39. The first kappa shape index (κ1) is 21.5. The van der Waals surface area contributed by atoms with Gasteiger partial charge in [0.25, 0.3) is 0 Å². The van der Waals surface area contributed by atoms with Crippen molar-refractivity contribution < 1.29 is 23.9 Å². The lowest BCUT2D eigenvalue weighted by atomic mass is 9.86. The molecule has 0 saturated carbocycles. The molecule has 2 heterocycles. The number of halogens is 2. The number of carbonyl (C=O) groups is 3. The molecule has 0 aromatic heterocycles. The molecule has 1 atom stereocenters. The fourth-order valence-corrected chi connectivity index (χ4v) is 4.13. The van der Waals surface area contributed by atoms with Gasteiger partial charge in [-0.1, -0.05) is 18.5 Å². The maximum atomic E-state index is 14.8. The minimum Gasteiger partial charge on any atom is -0.389 e. The van der Waals surface area contributed by atoms with Crippen molar-refractivity contribution in [2.75, 3.05) is 23.3 Å². The predicted molar refractivity (Wildman–Crippen MR) is 108 cm³/mol. The van der Waals surface area contributed by atoms with Gasteiger partial charge >= 0.3 is 0 Å². The SMILES string of the molecule is CCC(=O)CC1(O)CCN(c2c(F)cc(N[C@H]3CCC(=O)NC3=O)cc2Cl)CC1. The number of hydrogen-bond acceptors (Lipinski definition) is 6. The van der Waals surface area contributed by atoms with E-state index in [2.05, 4.69) is 10.6 Å². The number of nitrogens with zero attached hydrogens (tertiary/aromatic N) is 1. The van der Waals surface area contributed by atoms with E-state index in [1.54, 1.807) is 17.9 Å². The number of benzene rings is 1. The highest BCUT2D eigenvalue weighted by Gasteiger charge is 2.35. The first-order chi connectivity index (χ1) is 13.7. The number of hydrogen-bond donors (Lipinski definition) is 3. The zero-order valence-corrected chi connectivity index (χ0v) is 17.0. The minimum atomic E-state index is -1.06. The maximum absolute atomic E-state index is 14.8. The lowest BCUT2D eigenvalue weighted by molar-refractivity contribution is -0.133. The number of carbonyl (C=O) groups excluding carboxylic acids is 3. The second kappa shape index (κ2) is 8.67. The molecule has 2 saturated heterocycles. The molecule has 3 N–H and O–H groups in total. The zero-order valence-electron chi connectivity index (χ0n) is 16.3. The molecule has 1 aromatic carbocycles. The second-order valence-electron chi connectivity index (χ2n) is 7.72. The van der Waals surface area contributed by atoms with Crippen LogP contribution in [0.4, 0.5) is 15.8 Å². The van der Waals surface area contributed by atoms with Gasteiger partial charge in [-0.25, -0.2) is 4.39 Å². The Hall–Kier alpha value is -2.19. The molecule has 158 valence electrons. The third-order valence-corrected chi connectivity index (χ3v) is 5.82. The minimum absolute atomic E-state index is 0.00837. The van der Waals surface area contributed by atoms with Gasteiger partial charge in [0.05, 0.1) is 16.3 Å². The zero-order chi connectivity index (χ0) is 21.2. The summed E-state index contributed by atoms with van der Waals surface area (Å²) in [5, 5.41) is 16.0. The molecule has 1 aromatic rings. The molecule has 0 bridgehead atoms. The predicted octanol–water partition coefficient (Wildman–Crippen LogP) is 2.40. The summed E-state index contributed by atoms with van der Waals surface area (Å²) in [5.74, 6) is -1.30. The van der Waals surface area contributed by atoms with Crippen LogP contribution in [0.25, 0.3) is 0 Å². The second-order valence-corrected chi connectivity index (χ2v) is 8.12. The summed E-state index contributed by atoms with van der Waals surface area (Å²) in [6.07, 6.45) is 1.74. The first-order valence-electron chi connectivity index (χ1n) is 9.79. The number of piperidine rings is 2. The monoisotopic (exact) mass is 425 g/mol. The Morgan fingerprint density at radius 3 is 2.66 bits per heavy atom. The van der Waals surface area contributed by atoms with Crippen LogP contribution >= 0.6 is 11.6 Å². The molecule has 0 radical (unpaired) electrons. The first-order valence-corrected chi connectivity index (χ1v) is 10.2. The van der Waals surface area contributed by atoms with Crippen LogP contribution in [0.3, 0.4) is 0 Å². The van der Waals surface area contributed by atoms with E-state index in [1.165, 1.54) is 6.07 Å². The Bertz CT molecular complexity index is 801. The smallest absolute Gasteiger partial charge is 0.249 e. The summed E-state index contributed by atoms with van der Waals surface area (Å²) in [6.45, 7) is 2.52. The number of ketones is 1. The number of anilines is 2. The van der Waals surface area contributed by atoms with Gasteiger partial charge in [-0.15, -0.1) is 0 Å². The van der Waals surface area contributed by atoms with E-state index < -0.39 is 23.4 Å². The van der Waals surface area contributed by atoms with E-state index in [-0.39, 0.29) is 35.2 Å². The number of amides is 2. The molecule has 3 rings (SSSR count). The Morgan fingerprint density at radius 1 is 1.38 bits per heavy atom. The third-order valence-electron chi connectivity index (χ3n) is 5.53. The molecule has 29 heavy (non-hydrogen) atoms. The maximum Gasteiger partial charge on any atom is 0.249 e. The summed E-state index contributed by atoms with van der Waals surface area (Å²) >= 11 is 6.33. The van der Waals surface area contributed by atoms with Gasteiger partial charge in [0.2, 0.25) is 11.8 Å². The lowest BCUT2D eigenvalue weighted by Crippen LogP contribution is -2.47. The molecular weight excluding hydrogens is 401 g/mol. The van der Waals surface area contributed by atoms with Crippen molar-refractivity contribution in [3.63, 3.8) is 0 Å². The van der Waals surface area contributed by atoms with Crippen molar-refractivity contribution in [3.05, 3.63) is 23.0 Å². The summed E-state index contributed by atoms with van der Waals surface area (Å²) < 4.78 is 14.8. The van der Waals surface area contributed by atoms with Crippen LogP contribution in [0.2, 0.25) is 5.02 Å². The van der Waals surface area contributed by atoms with Crippen molar-refractivity contribution in [1.29, 1.82) is 0 Å². The average molecular weight is 426 g/mol. The third kappa shape index (κ3) is 5.05. The van der Waals surface area contributed by atoms with Crippen LogP contribution in [-0.4, -0.2) is 47.4 Å². The van der Waals surface area contributed by atoms with Gasteiger partial charge in [-0.05, 0) is 31.4 Å². The van der Waals surface area contributed by atoms with Crippen LogP contribution in [0.1, 0.15) is 45.4 Å². The van der Waals surface area contributed by atoms with Gasteiger partial charge in [-0.2, -0.15) is 0 Å². The van der Waals surface area contributed by atoms with E-state index in [0.717, 1.165) is 0 Å². The van der Waals surface area contributed by atoms with E-state index in [9.17, 15) is 23.9 Å². The number of aliphatic hydroxyl groups is 1. The number of Topliss-reactive ketones (excluding diaryl/α,β-unsaturated/α-hetero) is 1. The van der Waals surface area contributed by atoms with Crippen molar-refractivity contribution >= 4 is 40.6 Å². The van der Waals surface area contributed by atoms with E-state index in [4.69, 9.17) is 11.6 Å². The normalized spacial score (nSPS) is 21.7. The van der Waals surface area contributed by atoms with Gasteiger partial charge in [0.15, 0.2) is 0 Å². The highest BCUT2D eigenvalue weighted by atomic mass is 35.5. The molecule has 0 spiro atoms. The van der Waals surface area contributed by atoms with Crippen LogP contribution in [0.5, 0.6) is 0 Å². The number of nitrogens with one attached hydrogen (secondary N) is 2. The van der Waals surface area contributed by atoms with Crippen LogP contribution in [-0.2, 0) is 14.4 Å². The highest BCUT2D eigenvalue weighted by molar-refractivity contribution is 6.33. The van der Waals surface area contributed by atoms with Crippen LogP contribution in [0.15, 0.2) is 12.1 Å². The molecule has 2 aliphatic rings. The molecule has 7 nitrogen and oxygen atoms in total. The standard InChI is InChI=1S/C20H25ClFN3O4/c1-2-13(26)11-20(29)5-7-25(8-6-20)18-14(21)9-12(10-15(18)22)23-16-3-4-17(27)24-19(16)28/h9-10,16,23,29H,2-8,11H2,1H3,(H,24,27,28)/t16-/m0/s1. The highest BCUT2D eigenvalue weighted by Crippen LogP contribution is 2.36. The Labute approximate surface area is 173 Å². The summed E-state index contributed by atoms with van der Waals surface area (Å²) in [4.78, 5) is 36.6. The summed E-state index contributed by atoms with van der Waals surface area (Å²) in [7, 11) is 0. The quantitative estimate of drug-likeness (QED) is 0.605. The van der Waals surface area contributed by atoms with Crippen molar-refractivity contribution in [1.82, 2.24) is 5.32 Å². The molecule has 2 amide bonds. The summed E-state index contributed by atoms with van der Waals surface area (Å²) in [5.41, 5.74) is -0.461. The largest absolute Gasteiger partial charge is 0.389 e.